The number of rotatable bonds is 4. The fraction of sp³-hybridized carbons (Fsp3) is 0.0526. The first-order chi connectivity index (χ1) is 12.3. The molecule has 0 atom stereocenters. The van der Waals surface area contributed by atoms with Crippen LogP contribution in [0.5, 0.6) is 0 Å². The number of thiophene rings is 1. The smallest absolute Gasteiger partial charge is 0.319 e. The second-order valence-corrected chi connectivity index (χ2v) is 6.40. The number of fused-ring (bicyclic) bond motifs is 1. The lowest BCUT2D eigenvalue weighted by Gasteiger charge is -2.07. The highest BCUT2D eigenvalue weighted by Gasteiger charge is 2.08. The lowest BCUT2D eigenvalue weighted by atomic mass is 10.2. The van der Waals surface area contributed by atoms with Crippen molar-refractivity contribution in [2.45, 2.75) is 6.54 Å². The number of imidazole rings is 1. The molecule has 4 rings (SSSR count). The Labute approximate surface area is 148 Å². The molecule has 3 N–H and O–H groups in total. The Kier molecular flexibility index (Phi) is 4.18. The topological polar surface area (TPSA) is 69.8 Å². The minimum atomic E-state index is -0.235. The molecule has 2 aromatic carbocycles. The number of aromatic nitrogens is 2. The Bertz CT molecular complexity index is 993. The van der Waals surface area contributed by atoms with Gasteiger partial charge in [-0.15, -0.1) is 0 Å². The molecule has 0 unspecified atom stereocenters. The zero-order valence-electron chi connectivity index (χ0n) is 13.3. The van der Waals surface area contributed by atoms with Crippen molar-refractivity contribution in [3.05, 3.63) is 70.9 Å². The Morgan fingerprint density at radius 1 is 1.12 bits per heavy atom. The van der Waals surface area contributed by atoms with E-state index in [2.05, 4.69) is 20.6 Å². The van der Waals surface area contributed by atoms with Gasteiger partial charge in [0.05, 0.1) is 11.0 Å². The van der Waals surface area contributed by atoms with Gasteiger partial charge in [-0.2, -0.15) is 11.3 Å². The number of aromatic amines is 1. The maximum Gasteiger partial charge on any atom is 0.319 e. The molecule has 4 aromatic rings. The van der Waals surface area contributed by atoms with Crippen LogP contribution in [0.4, 0.5) is 10.5 Å². The van der Waals surface area contributed by atoms with Gasteiger partial charge in [-0.25, -0.2) is 9.78 Å². The van der Waals surface area contributed by atoms with Crippen LogP contribution in [0.2, 0.25) is 0 Å². The first-order valence-electron chi connectivity index (χ1n) is 7.89. The Balaban J connectivity index is 1.45. The van der Waals surface area contributed by atoms with Gasteiger partial charge in [0.2, 0.25) is 0 Å². The number of urea groups is 1. The van der Waals surface area contributed by atoms with Crippen LogP contribution in [0.15, 0.2) is 65.4 Å². The number of anilines is 1. The average molecular weight is 348 g/mol. The predicted octanol–water partition coefficient (Wildman–Crippen LogP) is 4.61. The highest BCUT2D eigenvalue weighted by molar-refractivity contribution is 7.08. The summed E-state index contributed by atoms with van der Waals surface area (Å²) in [7, 11) is 0. The first kappa shape index (κ1) is 15.4. The summed E-state index contributed by atoms with van der Waals surface area (Å²) >= 11 is 1.63. The second kappa shape index (κ2) is 6.78. The van der Waals surface area contributed by atoms with Crippen molar-refractivity contribution in [2.75, 3.05) is 5.32 Å². The molecule has 0 spiro atoms. The second-order valence-electron chi connectivity index (χ2n) is 5.62. The zero-order valence-corrected chi connectivity index (χ0v) is 14.1. The zero-order chi connectivity index (χ0) is 17.1. The van der Waals surface area contributed by atoms with E-state index >= 15 is 0 Å². The molecule has 6 heteroatoms. The van der Waals surface area contributed by atoms with Gasteiger partial charge in [-0.1, -0.05) is 30.3 Å². The Morgan fingerprint density at radius 3 is 2.80 bits per heavy atom. The number of hydrogen-bond donors (Lipinski definition) is 3. The number of benzene rings is 2. The largest absolute Gasteiger partial charge is 0.338 e. The van der Waals surface area contributed by atoms with Gasteiger partial charge in [-0.05, 0) is 35.2 Å². The minimum absolute atomic E-state index is 0.235. The maximum atomic E-state index is 12.1. The normalized spacial score (nSPS) is 10.7. The van der Waals surface area contributed by atoms with Crippen molar-refractivity contribution in [1.82, 2.24) is 15.3 Å². The van der Waals surface area contributed by atoms with Crippen LogP contribution >= 0.6 is 11.3 Å². The minimum Gasteiger partial charge on any atom is -0.338 e. The van der Waals surface area contributed by atoms with E-state index in [1.165, 1.54) is 0 Å². The van der Waals surface area contributed by atoms with Crippen LogP contribution in [0, 0.1) is 0 Å². The summed E-state index contributed by atoms with van der Waals surface area (Å²) in [6.07, 6.45) is 0. The van der Waals surface area contributed by atoms with E-state index in [4.69, 9.17) is 0 Å². The summed E-state index contributed by atoms with van der Waals surface area (Å²) in [5.74, 6) is 0.835. The van der Waals surface area contributed by atoms with Crippen molar-refractivity contribution >= 4 is 34.1 Å². The van der Waals surface area contributed by atoms with E-state index in [-0.39, 0.29) is 6.03 Å². The molecule has 2 amide bonds. The van der Waals surface area contributed by atoms with Crippen LogP contribution < -0.4 is 10.6 Å². The molecular weight excluding hydrogens is 332 g/mol. The van der Waals surface area contributed by atoms with Crippen LogP contribution in [-0.2, 0) is 6.54 Å². The molecular formula is C19H16N4OS. The average Bonchev–Trinajstić information content (AvgIpc) is 3.30. The van der Waals surface area contributed by atoms with Gasteiger partial charge in [0.25, 0.3) is 0 Å². The fourth-order valence-corrected chi connectivity index (χ4v) is 3.22. The number of carbonyl (C=O) groups is 1. The summed E-state index contributed by atoms with van der Waals surface area (Å²) in [6.45, 7) is 0.487. The third-order valence-corrected chi connectivity index (χ3v) is 4.51. The predicted molar refractivity (Wildman–Crippen MR) is 102 cm³/mol. The molecule has 0 aliphatic rings. The molecule has 2 aromatic heterocycles. The number of nitrogens with zero attached hydrogens (tertiary/aromatic N) is 1. The summed E-state index contributed by atoms with van der Waals surface area (Å²) in [5, 5.41) is 9.77. The molecule has 2 heterocycles. The van der Waals surface area contributed by atoms with Gasteiger partial charge >= 0.3 is 6.03 Å². The molecule has 124 valence electrons. The van der Waals surface area contributed by atoms with Gasteiger partial charge in [-0.3, -0.25) is 0 Å². The van der Waals surface area contributed by atoms with E-state index < -0.39 is 0 Å². The SMILES string of the molecule is O=C(NCc1ccccc1)Nc1ccc2nc(-c3ccsc3)[nH]c2c1. The van der Waals surface area contributed by atoms with E-state index in [0.29, 0.717) is 6.54 Å². The molecule has 0 saturated carbocycles. The quantitative estimate of drug-likeness (QED) is 0.504. The van der Waals surface area contributed by atoms with Crippen LogP contribution in [-0.4, -0.2) is 16.0 Å². The molecule has 0 fully saturated rings. The number of amides is 2. The lowest BCUT2D eigenvalue weighted by Crippen LogP contribution is -2.28. The van der Waals surface area contributed by atoms with Gasteiger partial charge < -0.3 is 15.6 Å². The summed E-state index contributed by atoms with van der Waals surface area (Å²) in [4.78, 5) is 19.9. The standard InChI is InChI=1S/C19H16N4OS/c24-19(20-11-13-4-2-1-3-5-13)21-15-6-7-16-17(10-15)23-18(22-16)14-8-9-25-12-14/h1-10,12H,11H2,(H,22,23)(H2,20,21,24). The van der Waals surface area contributed by atoms with E-state index in [1.54, 1.807) is 11.3 Å². The molecule has 0 aliphatic carbocycles. The number of hydrogen-bond acceptors (Lipinski definition) is 3. The number of H-pyrrole nitrogens is 1. The van der Waals surface area contributed by atoms with Crippen LogP contribution in [0.3, 0.4) is 0 Å². The Hall–Kier alpha value is -3.12. The molecule has 25 heavy (non-hydrogen) atoms. The highest BCUT2D eigenvalue weighted by atomic mass is 32.1. The summed E-state index contributed by atoms with van der Waals surface area (Å²) in [6, 6.07) is 17.2. The maximum absolute atomic E-state index is 12.1. The molecule has 0 bridgehead atoms. The molecule has 0 radical (unpaired) electrons. The van der Waals surface area contributed by atoms with Crippen LogP contribution in [0.1, 0.15) is 5.56 Å². The van der Waals surface area contributed by atoms with Gasteiger partial charge in [0, 0.05) is 23.2 Å². The third kappa shape index (κ3) is 3.54. The van der Waals surface area contributed by atoms with E-state index in [1.807, 2.05) is 65.4 Å². The summed E-state index contributed by atoms with van der Waals surface area (Å²) < 4.78 is 0. The van der Waals surface area contributed by atoms with Gasteiger partial charge in [0.15, 0.2) is 0 Å². The van der Waals surface area contributed by atoms with Crippen molar-refractivity contribution in [3.8, 4) is 11.4 Å². The molecule has 0 saturated heterocycles. The fourth-order valence-electron chi connectivity index (χ4n) is 2.58. The number of carbonyl (C=O) groups excluding carboxylic acids is 1. The number of nitrogens with one attached hydrogen (secondary N) is 3. The first-order valence-corrected chi connectivity index (χ1v) is 8.83. The highest BCUT2D eigenvalue weighted by Crippen LogP contribution is 2.24. The van der Waals surface area contributed by atoms with Gasteiger partial charge in [0.1, 0.15) is 5.82 Å². The van der Waals surface area contributed by atoms with E-state index in [9.17, 15) is 4.79 Å². The third-order valence-electron chi connectivity index (χ3n) is 3.83. The van der Waals surface area contributed by atoms with Crippen molar-refractivity contribution in [2.24, 2.45) is 0 Å². The summed E-state index contributed by atoms with van der Waals surface area (Å²) in [5.41, 5.74) is 4.61. The van der Waals surface area contributed by atoms with E-state index in [0.717, 1.165) is 33.7 Å². The molecule has 5 nitrogen and oxygen atoms in total. The molecule has 0 aliphatic heterocycles. The van der Waals surface area contributed by atoms with Crippen molar-refractivity contribution in [3.63, 3.8) is 0 Å². The van der Waals surface area contributed by atoms with Crippen LogP contribution in [0.25, 0.3) is 22.4 Å². The van der Waals surface area contributed by atoms with Crippen molar-refractivity contribution < 1.29 is 4.79 Å². The lowest BCUT2D eigenvalue weighted by molar-refractivity contribution is 0.251. The Morgan fingerprint density at radius 2 is 2.00 bits per heavy atom. The van der Waals surface area contributed by atoms with Crippen molar-refractivity contribution in [1.29, 1.82) is 0 Å². The monoisotopic (exact) mass is 348 g/mol.